The van der Waals surface area contributed by atoms with Crippen molar-refractivity contribution in [2.75, 3.05) is 12.4 Å². The number of nitrogens with zero attached hydrogens (tertiary/aromatic N) is 3. The van der Waals surface area contributed by atoms with E-state index in [1.165, 1.54) is 0 Å². The van der Waals surface area contributed by atoms with Gasteiger partial charge in [0.2, 0.25) is 0 Å². The molecule has 0 saturated carbocycles. The van der Waals surface area contributed by atoms with Gasteiger partial charge in [0.1, 0.15) is 16.8 Å². The summed E-state index contributed by atoms with van der Waals surface area (Å²) in [6.07, 6.45) is 0. The van der Waals surface area contributed by atoms with Gasteiger partial charge in [-0.15, -0.1) is 10.2 Å². The monoisotopic (exact) mass is 344 g/mol. The molecule has 0 aliphatic heterocycles. The van der Waals surface area contributed by atoms with Gasteiger partial charge in [-0.3, -0.25) is 4.79 Å². The van der Waals surface area contributed by atoms with Crippen molar-refractivity contribution in [3.8, 4) is 11.4 Å². The second-order valence-corrected chi connectivity index (χ2v) is 5.71. The number of carbonyl (C=O) groups excluding carboxylic acids is 1. The van der Waals surface area contributed by atoms with E-state index in [0.717, 1.165) is 17.0 Å². The van der Waals surface area contributed by atoms with E-state index in [0.29, 0.717) is 16.8 Å². The van der Waals surface area contributed by atoms with Gasteiger partial charge in [-0.1, -0.05) is 24.3 Å². The predicted octanol–water partition coefficient (Wildman–Crippen LogP) is 3.68. The highest BCUT2D eigenvalue weighted by Crippen LogP contribution is 2.20. The number of anilines is 1. The first-order valence-electron chi connectivity index (χ1n) is 8.11. The molecule has 0 fully saturated rings. The first-order chi connectivity index (χ1) is 12.7. The molecular weight excluding hydrogens is 328 g/mol. The maximum absolute atomic E-state index is 12.3. The molecule has 6 heteroatoms. The smallest absolute Gasteiger partial charge is 0.255 e. The normalized spacial score (nSPS) is 10.7. The number of hydrogen-bond acceptors (Lipinski definition) is 4. The van der Waals surface area contributed by atoms with Crippen molar-refractivity contribution >= 4 is 22.6 Å². The third-order valence-corrected chi connectivity index (χ3v) is 3.96. The lowest BCUT2D eigenvalue weighted by atomic mass is 10.2. The standard InChI is InChI=1S/C20H16N4O2/c1-26-17-9-5-8-16(13-17)24-22-18-11-10-15(12-19(18)23-24)21-20(25)14-6-3-2-4-7-14/h2-13H,1H3,(H,21,25). The van der Waals surface area contributed by atoms with Crippen LogP contribution < -0.4 is 10.1 Å². The molecule has 4 rings (SSSR count). The van der Waals surface area contributed by atoms with Crippen LogP contribution in [-0.2, 0) is 0 Å². The number of rotatable bonds is 4. The molecule has 3 aromatic carbocycles. The Morgan fingerprint density at radius 3 is 2.54 bits per heavy atom. The Bertz CT molecular complexity index is 1070. The molecule has 0 bridgehead atoms. The van der Waals surface area contributed by atoms with Crippen molar-refractivity contribution in [1.29, 1.82) is 0 Å². The maximum Gasteiger partial charge on any atom is 0.255 e. The van der Waals surface area contributed by atoms with E-state index in [1.54, 1.807) is 30.1 Å². The summed E-state index contributed by atoms with van der Waals surface area (Å²) in [6, 6.07) is 22.0. The molecule has 1 aromatic heterocycles. The molecule has 0 unspecified atom stereocenters. The molecule has 0 radical (unpaired) electrons. The molecule has 128 valence electrons. The van der Waals surface area contributed by atoms with E-state index >= 15 is 0 Å². The molecule has 0 aliphatic carbocycles. The Labute approximate surface area is 150 Å². The van der Waals surface area contributed by atoms with Gasteiger partial charge in [-0.25, -0.2) is 0 Å². The van der Waals surface area contributed by atoms with Crippen LogP contribution in [0.2, 0.25) is 0 Å². The van der Waals surface area contributed by atoms with Gasteiger partial charge in [0.05, 0.1) is 12.8 Å². The van der Waals surface area contributed by atoms with Crippen molar-refractivity contribution in [2.24, 2.45) is 0 Å². The maximum atomic E-state index is 12.3. The summed E-state index contributed by atoms with van der Waals surface area (Å²) in [7, 11) is 1.62. The van der Waals surface area contributed by atoms with Crippen LogP contribution in [-0.4, -0.2) is 28.0 Å². The number of carbonyl (C=O) groups is 1. The first kappa shape index (κ1) is 15.8. The quantitative estimate of drug-likeness (QED) is 0.613. The summed E-state index contributed by atoms with van der Waals surface area (Å²) in [4.78, 5) is 13.8. The molecule has 0 spiro atoms. The van der Waals surface area contributed by atoms with E-state index < -0.39 is 0 Å². The van der Waals surface area contributed by atoms with Crippen LogP contribution in [0.3, 0.4) is 0 Å². The van der Waals surface area contributed by atoms with Gasteiger partial charge < -0.3 is 10.1 Å². The third-order valence-electron chi connectivity index (χ3n) is 3.96. The zero-order valence-corrected chi connectivity index (χ0v) is 14.1. The van der Waals surface area contributed by atoms with Crippen LogP contribution in [0.15, 0.2) is 72.8 Å². The fraction of sp³-hybridized carbons (Fsp3) is 0.0500. The minimum absolute atomic E-state index is 0.162. The van der Waals surface area contributed by atoms with Crippen LogP contribution in [0.25, 0.3) is 16.7 Å². The molecule has 0 aliphatic rings. The third kappa shape index (κ3) is 3.12. The number of fused-ring (bicyclic) bond motifs is 1. The highest BCUT2D eigenvalue weighted by Gasteiger charge is 2.09. The fourth-order valence-corrected chi connectivity index (χ4v) is 2.64. The van der Waals surface area contributed by atoms with Crippen LogP contribution in [0.4, 0.5) is 5.69 Å². The van der Waals surface area contributed by atoms with E-state index in [1.807, 2.05) is 54.6 Å². The Hall–Kier alpha value is -3.67. The zero-order chi connectivity index (χ0) is 17.9. The van der Waals surface area contributed by atoms with E-state index in [9.17, 15) is 4.79 Å². The Morgan fingerprint density at radius 2 is 1.73 bits per heavy atom. The Balaban J connectivity index is 1.62. The Kier molecular flexibility index (Phi) is 4.07. The fourth-order valence-electron chi connectivity index (χ4n) is 2.64. The lowest BCUT2D eigenvalue weighted by Gasteiger charge is -2.04. The highest BCUT2D eigenvalue weighted by atomic mass is 16.5. The number of aromatic nitrogens is 3. The molecule has 26 heavy (non-hydrogen) atoms. The summed E-state index contributed by atoms with van der Waals surface area (Å²) >= 11 is 0. The van der Waals surface area contributed by atoms with Gasteiger partial charge in [0.15, 0.2) is 0 Å². The van der Waals surface area contributed by atoms with Gasteiger partial charge in [-0.2, -0.15) is 4.80 Å². The van der Waals surface area contributed by atoms with Gasteiger partial charge in [0, 0.05) is 17.3 Å². The van der Waals surface area contributed by atoms with E-state index in [2.05, 4.69) is 15.5 Å². The number of benzene rings is 3. The molecule has 1 amide bonds. The lowest BCUT2D eigenvalue weighted by Crippen LogP contribution is -2.11. The molecule has 6 nitrogen and oxygen atoms in total. The van der Waals surface area contributed by atoms with Crippen molar-refractivity contribution < 1.29 is 9.53 Å². The van der Waals surface area contributed by atoms with E-state index in [-0.39, 0.29) is 5.91 Å². The van der Waals surface area contributed by atoms with Gasteiger partial charge in [0.25, 0.3) is 5.91 Å². The van der Waals surface area contributed by atoms with Crippen LogP contribution in [0, 0.1) is 0 Å². The minimum atomic E-state index is -0.162. The van der Waals surface area contributed by atoms with E-state index in [4.69, 9.17) is 4.74 Å². The second kappa shape index (κ2) is 6.68. The van der Waals surface area contributed by atoms with Crippen LogP contribution in [0.1, 0.15) is 10.4 Å². The lowest BCUT2D eigenvalue weighted by molar-refractivity contribution is 0.102. The molecule has 0 saturated heterocycles. The zero-order valence-electron chi connectivity index (χ0n) is 14.1. The summed E-state index contributed by atoms with van der Waals surface area (Å²) in [6.45, 7) is 0. The first-order valence-corrected chi connectivity index (χ1v) is 8.11. The van der Waals surface area contributed by atoms with Crippen LogP contribution >= 0.6 is 0 Å². The number of hydrogen-bond donors (Lipinski definition) is 1. The minimum Gasteiger partial charge on any atom is -0.497 e. The van der Waals surface area contributed by atoms with Crippen molar-refractivity contribution in [3.63, 3.8) is 0 Å². The SMILES string of the molecule is COc1cccc(-n2nc3ccc(NC(=O)c4ccccc4)cc3n2)c1. The molecule has 0 atom stereocenters. The van der Waals surface area contributed by atoms with Crippen molar-refractivity contribution in [3.05, 3.63) is 78.4 Å². The summed E-state index contributed by atoms with van der Waals surface area (Å²) in [5.74, 6) is 0.574. The number of nitrogens with one attached hydrogen (secondary N) is 1. The van der Waals surface area contributed by atoms with Crippen LogP contribution in [0.5, 0.6) is 5.75 Å². The number of ether oxygens (including phenoxy) is 1. The number of methoxy groups -OCH3 is 1. The van der Waals surface area contributed by atoms with Crippen molar-refractivity contribution in [1.82, 2.24) is 15.0 Å². The highest BCUT2D eigenvalue weighted by molar-refractivity contribution is 6.04. The molecule has 1 heterocycles. The average molecular weight is 344 g/mol. The predicted molar refractivity (Wildman–Crippen MR) is 99.8 cm³/mol. The summed E-state index contributed by atoms with van der Waals surface area (Å²) < 4.78 is 5.24. The molecule has 4 aromatic rings. The van der Waals surface area contributed by atoms with Crippen molar-refractivity contribution in [2.45, 2.75) is 0 Å². The second-order valence-electron chi connectivity index (χ2n) is 5.71. The molecule has 1 N–H and O–H groups in total. The largest absolute Gasteiger partial charge is 0.497 e. The van der Waals surface area contributed by atoms with Gasteiger partial charge in [-0.05, 0) is 42.5 Å². The van der Waals surface area contributed by atoms with Gasteiger partial charge >= 0.3 is 0 Å². The average Bonchev–Trinajstić information content (AvgIpc) is 3.12. The number of amides is 1. The topological polar surface area (TPSA) is 69.0 Å². The summed E-state index contributed by atoms with van der Waals surface area (Å²) in [5.41, 5.74) is 3.51. The summed E-state index contributed by atoms with van der Waals surface area (Å²) in [5, 5.41) is 11.9. The molecular formula is C20H16N4O2. The Morgan fingerprint density at radius 1 is 0.923 bits per heavy atom.